The van der Waals surface area contributed by atoms with E-state index in [1.54, 1.807) is 23.2 Å². The van der Waals surface area contributed by atoms with Crippen molar-refractivity contribution in [1.82, 2.24) is 9.29 Å². The number of pyridine rings is 1. The summed E-state index contributed by atoms with van der Waals surface area (Å²) in [6.07, 6.45) is 2.44. The highest BCUT2D eigenvalue weighted by Gasteiger charge is 2.37. The third-order valence-corrected chi connectivity index (χ3v) is 9.15. The number of piperidine rings is 1. The molecule has 4 heterocycles. The van der Waals surface area contributed by atoms with Crippen molar-refractivity contribution >= 4 is 33.1 Å². The summed E-state index contributed by atoms with van der Waals surface area (Å²) in [5, 5.41) is 0. The molecule has 31 heavy (non-hydrogen) atoms. The van der Waals surface area contributed by atoms with Gasteiger partial charge < -0.3 is 4.74 Å². The van der Waals surface area contributed by atoms with Crippen LogP contribution in [0.3, 0.4) is 0 Å². The zero-order chi connectivity index (χ0) is 21.4. The van der Waals surface area contributed by atoms with Crippen molar-refractivity contribution in [3.63, 3.8) is 0 Å². The zero-order valence-corrected chi connectivity index (χ0v) is 18.3. The lowest BCUT2D eigenvalue weighted by Gasteiger charge is -2.39. The third kappa shape index (κ3) is 3.73. The van der Waals surface area contributed by atoms with E-state index in [1.165, 1.54) is 15.6 Å². The van der Waals surface area contributed by atoms with Crippen molar-refractivity contribution in [2.24, 2.45) is 0 Å². The normalized spacial score (nSPS) is 17.9. The number of carbonyl (C=O) groups excluding carboxylic acids is 1. The minimum absolute atomic E-state index is 0.0900. The number of fused-ring (bicyclic) bond motifs is 1. The van der Waals surface area contributed by atoms with Gasteiger partial charge in [-0.2, -0.15) is 4.31 Å². The number of hydrogen-bond donors (Lipinski definition) is 0. The Kier molecular flexibility index (Phi) is 5.25. The van der Waals surface area contributed by atoms with Crippen LogP contribution in [0.1, 0.15) is 18.4 Å². The van der Waals surface area contributed by atoms with Crippen LogP contribution in [0.2, 0.25) is 0 Å². The second kappa shape index (κ2) is 8.07. The van der Waals surface area contributed by atoms with Gasteiger partial charge in [0.15, 0.2) is 0 Å². The summed E-state index contributed by atoms with van der Waals surface area (Å²) in [4.78, 5) is 19.3. The number of sulfonamides is 1. The SMILES string of the molecule is O=C1OCc2ccccc2N1C1CCN(S(=O)(=O)c2ccc(-c3ccccn3)s2)CC1. The van der Waals surface area contributed by atoms with Crippen LogP contribution in [-0.2, 0) is 21.4 Å². The predicted octanol–water partition coefficient (Wildman–Crippen LogP) is 4.12. The highest BCUT2D eigenvalue weighted by atomic mass is 32.2. The van der Waals surface area contributed by atoms with Crippen molar-refractivity contribution in [3.05, 3.63) is 66.4 Å². The Labute approximate surface area is 185 Å². The summed E-state index contributed by atoms with van der Waals surface area (Å²) >= 11 is 1.23. The first kappa shape index (κ1) is 20.2. The van der Waals surface area contributed by atoms with E-state index in [1.807, 2.05) is 42.5 Å². The van der Waals surface area contributed by atoms with E-state index < -0.39 is 10.0 Å². The van der Waals surface area contributed by atoms with Crippen LogP contribution < -0.4 is 4.90 Å². The molecule has 1 saturated heterocycles. The van der Waals surface area contributed by atoms with Crippen LogP contribution in [0.15, 0.2) is 65.0 Å². The number of amides is 1. The quantitative estimate of drug-likeness (QED) is 0.591. The van der Waals surface area contributed by atoms with E-state index in [4.69, 9.17) is 4.74 Å². The lowest BCUT2D eigenvalue weighted by Crippen LogP contribution is -2.50. The van der Waals surface area contributed by atoms with Gasteiger partial charge in [0.25, 0.3) is 10.0 Å². The minimum Gasteiger partial charge on any atom is -0.444 e. The fourth-order valence-corrected chi connectivity index (χ4v) is 7.00. The van der Waals surface area contributed by atoms with E-state index in [9.17, 15) is 13.2 Å². The molecule has 3 aromatic rings. The van der Waals surface area contributed by atoms with Crippen LogP contribution in [0.4, 0.5) is 10.5 Å². The maximum absolute atomic E-state index is 13.2. The van der Waals surface area contributed by atoms with Crippen LogP contribution in [0.25, 0.3) is 10.6 Å². The molecule has 0 spiro atoms. The molecule has 0 unspecified atom stereocenters. The zero-order valence-electron chi connectivity index (χ0n) is 16.7. The molecule has 7 nitrogen and oxygen atoms in total. The largest absolute Gasteiger partial charge is 0.444 e. The number of benzene rings is 1. The van der Waals surface area contributed by atoms with Gasteiger partial charge in [0.05, 0.1) is 16.3 Å². The number of ether oxygens (including phenoxy) is 1. The molecule has 2 aliphatic rings. The molecule has 160 valence electrons. The summed E-state index contributed by atoms with van der Waals surface area (Å²) in [6.45, 7) is 0.987. The summed E-state index contributed by atoms with van der Waals surface area (Å²) < 4.78 is 33.5. The second-order valence-electron chi connectivity index (χ2n) is 7.52. The number of thiophene rings is 1. The maximum Gasteiger partial charge on any atom is 0.414 e. The van der Waals surface area contributed by atoms with E-state index in [2.05, 4.69) is 4.98 Å². The predicted molar refractivity (Wildman–Crippen MR) is 118 cm³/mol. The molecule has 2 aromatic heterocycles. The Morgan fingerprint density at radius 3 is 2.55 bits per heavy atom. The fraction of sp³-hybridized carbons (Fsp3) is 0.273. The number of hydrogen-bond acceptors (Lipinski definition) is 6. The summed E-state index contributed by atoms with van der Waals surface area (Å²) in [6, 6.07) is 16.6. The average Bonchev–Trinajstić information content (AvgIpc) is 3.31. The van der Waals surface area contributed by atoms with Gasteiger partial charge in [-0.25, -0.2) is 13.2 Å². The third-order valence-electron chi connectivity index (χ3n) is 5.68. The smallest absolute Gasteiger partial charge is 0.414 e. The molecule has 2 aliphatic heterocycles. The number of cyclic esters (lactones) is 1. The van der Waals surface area contributed by atoms with E-state index in [-0.39, 0.29) is 18.7 Å². The molecule has 1 amide bonds. The van der Waals surface area contributed by atoms with Crippen molar-refractivity contribution in [2.45, 2.75) is 29.7 Å². The van der Waals surface area contributed by atoms with Gasteiger partial charge in [-0.05, 0) is 43.2 Å². The van der Waals surface area contributed by atoms with Crippen molar-refractivity contribution in [3.8, 4) is 10.6 Å². The monoisotopic (exact) mass is 455 g/mol. The summed E-state index contributed by atoms with van der Waals surface area (Å²) in [5.41, 5.74) is 2.59. The van der Waals surface area contributed by atoms with Gasteiger partial charge in [0, 0.05) is 30.9 Å². The van der Waals surface area contributed by atoms with Gasteiger partial charge in [0.2, 0.25) is 0 Å². The van der Waals surface area contributed by atoms with Crippen LogP contribution in [0, 0.1) is 0 Å². The van der Waals surface area contributed by atoms with Crippen molar-refractivity contribution in [1.29, 1.82) is 0 Å². The maximum atomic E-state index is 13.2. The molecule has 0 N–H and O–H groups in total. The standard InChI is InChI=1S/C22H21N3O4S2/c26-22-25(19-7-2-1-5-16(19)15-29-22)17-10-13-24(14-11-17)31(27,28)21-9-8-20(30-21)18-6-3-4-12-23-18/h1-9,12,17H,10-11,13-15H2. The summed E-state index contributed by atoms with van der Waals surface area (Å²) in [7, 11) is -3.59. The summed E-state index contributed by atoms with van der Waals surface area (Å²) in [5.74, 6) is 0. The Hall–Kier alpha value is -2.75. The van der Waals surface area contributed by atoms with E-state index in [0.717, 1.165) is 21.8 Å². The van der Waals surface area contributed by atoms with Crippen LogP contribution in [-0.4, -0.2) is 42.9 Å². The average molecular weight is 456 g/mol. The van der Waals surface area contributed by atoms with Gasteiger partial charge in [-0.3, -0.25) is 9.88 Å². The molecular weight excluding hydrogens is 434 g/mol. The van der Waals surface area contributed by atoms with Gasteiger partial charge in [-0.15, -0.1) is 11.3 Å². The van der Waals surface area contributed by atoms with Gasteiger partial charge >= 0.3 is 6.09 Å². The molecule has 0 atom stereocenters. The van der Waals surface area contributed by atoms with Crippen LogP contribution in [0.5, 0.6) is 0 Å². The Morgan fingerprint density at radius 2 is 1.77 bits per heavy atom. The van der Waals surface area contributed by atoms with Gasteiger partial charge in [0.1, 0.15) is 10.8 Å². The molecule has 0 saturated carbocycles. The number of carbonyl (C=O) groups is 1. The number of anilines is 1. The van der Waals surface area contributed by atoms with Crippen LogP contribution >= 0.6 is 11.3 Å². The first-order valence-corrected chi connectivity index (χ1v) is 12.3. The number of rotatable bonds is 4. The molecular formula is C22H21N3O4S2. The molecule has 1 aromatic carbocycles. The molecule has 1 fully saturated rings. The second-order valence-corrected chi connectivity index (χ2v) is 10.8. The lowest BCUT2D eigenvalue weighted by molar-refractivity contribution is 0.136. The Balaban J connectivity index is 1.32. The minimum atomic E-state index is -3.59. The highest BCUT2D eigenvalue weighted by Crippen LogP contribution is 2.35. The molecule has 9 heteroatoms. The Morgan fingerprint density at radius 1 is 1.00 bits per heavy atom. The van der Waals surface area contributed by atoms with E-state index >= 15 is 0 Å². The van der Waals surface area contributed by atoms with Crippen molar-refractivity contribution < 1.29 is 17.9 Å². The molecule has 0 aliphatic carbocycles. The highest BCUT2D eigenvalue weighted by molar-refractivity contribution is 7.91. The van der Waals surface area contributed by atoms with E-state index in [0.29, 0.717) is 30.1 Å². The molecule has 0 radical (unpaired) electrons. The van der Waals surface area contributed by atoms with Gasteiger partial charge in [-0.1, -0.05) is 24.3 Å². The first-order valence-electron chi connectivity index (χ1n) is 10.1. The lowest BCUT2D eigenvalue weighted by atomic mass is 10.0. The van der Waals surface area contributed by atoms with Crippen molar-refractivity contribution in [2.75, 3.05) is 18.0 Å². The number of para-hydroxylation sites is 1. The fourth-order valence-electron chi connectivity index (χ4n) is 4.09. The molecule has 5 rings (SSSR count). The number of aromatic nitrogens is 1. The Bertz CT molecular complexity index is 1200. The number of nitrogens with zero attached hydrogens (tertiary/aromatic N) is 3. The molecule has 0 bridgehead atoms. The topological polar surface area (TPSA) is 79.8 Å². The first-order chi connectivity index (χ1) is 15.0.